The fraction of sp³-hybridized carbons (Fsp3) is 0.917. The molecule has 2 rings (SSSR count). The molecular formula is C12H22N2O. The standard InChI is InChI=1S/C12H22N2O/c13-12(15)10-3-5-11(6-4-10)14-8-7-9-1-2-9/h9-11,14H,1-8H2,(H2,13,15). The van der Waals surface area contributed by atoms with Crippen molar-refractivity contribution in [1.29, 1.82) is 0 Å². The molecule has 2 fully saturated rings. The molecule has 0 saturated heterocycles. The second kappa shape index (κ2) is 4.97. The van der Waals surface area contributed by atoms with Gasteiger partial charge in [-0.15, -0.1) is 0 Å². The largest absolute Gasteiger partial charge is 0.369 e. The number of carbonyl (C=O) groups excluding carboxylic acids is 1. The van der Waals surface area contributed by atoms with Crippen LogP contribution in [0.3, 0.4) is 0 Å². The molecule has 2 saturated carbocycles. The Balaban J connectivity index is 1.58. The van der Waals surface area contributed by atoms with E-state index < -0.39 is 0 Å². The monoisotopic (exact) mass is 210 g/mol. The quantitative estimate of drug-likeness (QED) is 0.721. The molecule has 0 heterocycles. The van der Waals surface area contributed by atoms with Gasteiger partial charge in [-0.3, -0.25) is 4.79 Å². The van der Waals surface area contributed by atoms with Crippen molar-refractivity contribution in [3.05, 3.63) is 0 Å². The van der Waals surface area contributed by atoms with Crippen LogP contribution in [-0.4, -0.2) is 18.5 Å². The fourth-order valence-corrected chi connectivity index (χ4v) is 2.48. The molecule has 3 nitrogen and oxygen atoms in total. The Morgan fingerprint density at radius 3 is 2.33 bits per heavy atom. The van der Waals surface area contributed by atoms with Gasteiger partial charge in [0.05, 0.1) is 0 Å². The van der Waals surface area contributed by atoms with Crippen molar-refractivity contribution in [3.63, 3.8) is 0 Å². The molecule has 15 heavy (non-hydrogen) atoms. The number of primary amides is 1. The first-order valence-electron chi connectivity index (χ1n) is 6.28. The van der Waals surface area contributed by atoms with Crippen molar-refractivity contribution < 1.29 is 4.79 Å². The summed E-state index contributed by atoms with van der Waals surface area (Å²) < 4.78 is 0. The first-order valence-corrected chi connectivity index (χ1v) is 6.28. The van der Waals surface area contributed by atoms with Gasteiger partial charge in [0.15, 0.2) is 0 Å². The molecule has 0 unspecified atom stereocenters. The summed E-state index contributed by atoms with van der Waals surface area (Å²) >= 11 is 0. The molecule has 86 valence electrons. The van der Waals surface area contributed by atoms with E-state index in [0.29, 0.717) is 6.04 Å². The van der Waals surface area contributed by atoms with Gasteiger partial charge in [0.2, 0.25) is 5.91 Å². The van der Waals surface area contributed by atoms with E-state index in [1.807, 2.05) is 0 Å². The molecule has 0 radical (unpaired) electrons. The van der Waals surface area contributed by atoms with E-state index >= 15 is 0 Å². The van der Waals surface area contributed by atoms with Gasteiger partial charge < -0.3 is 11.1 Å². The maximum Gasteiger partial charge on any atom is 0.220 e. The lowest BCUT2D eigenvalue weighted by Crippen LogP contribution is -2.37. The number of rotatable bonds is 5. The molecule has 0 spiro atoms. The smallest absolute Gasteiger partial charge is 0.220 e. The van der Waals surface area contributed by atoms with Crippen LogP contribution in [0.25, 0.3) is 0 Å². The third kappa shape index (κ3) is 3.49. The summed E-state index contributed by atoms with van der Waals surface area (Å²) in [6.45, 7) is 1.16. The third-order valence-corrected chi connectivity index (χ3v) is 3.81. The number of nitrogens with one attached hydrogen (secondary N) is 1. The van der Waals surface area contributed by atoms with Crippen molar-refractivity contribution in [1.82, 2.24) is 5.32 Å². The minimum Gasteiger partial charge on any atom is -0.369 e. The average molecular weight is 210 g/mol. The van der Waals surface area contributed by atoms with Gasteiger partial charge in [0.1, 0.15) is 0 Å². The highest BCUT2D eigenvalue weighted by molar-refractivity contribution is 5.76. The topological polar surface area (TPSA) is 55.1 Å². The molecule has 3 heteroatoms. The summed E-state index contributed by atoms with van der Waals surface area (Å²) in [5.41, 5.74) is 5.30. The van der Waals surface area contributed by atoms with Crippen molar-refractivity contribution in [3.8, 4) is 0 Å². The summed E-state index contributed by atoms with van der Waals surface area (Å²) in [6.07, 6.45) is 8.44. The minimum atomic E-state index is -0.105. The SMILES string of the molecule is NC(=O)C1CCC(NCCC2CC2)CC1. The van der Waals surface area contributed by atoms with Gasteiger partial charge in [0.25, 0.3) is 0 Å². The van der Waals surface area contributed by atoms with E-state index in [0.717, 1.165) is 38.1 Å². The van der Waals surface area contributed by atoms with Crippen LogP contribution in [0.1, 0.15) is 44.9 Å². The molecule has 0 bridgehead atoms. The van der Waals surface area contributed by atoms with Crippen molar-refractivity contribution in [2.24, 2.45) is 17.6 Å². The minimum absolute atomic E-state index is 0.105. The molecular weight excluding hydrogens is 188 g/mol. The van der Waals surface area contributed by atoms with E-state index in [4.69, 9.17) is 5.73 Å². The van der Waals surface area contributed by atoms with Crippen LogP contribution in [0, 0.1) is 11.8 Å². The highest BCUT2D eigenvalue weighted by atomic mass is 16.1. The van der Waals surface area contributed by atoms with Crippen LogP contribution in [0.4, 0.5) is 0 Å². The van der Waals surface area contributed by atoms with E-state index in [2.05, 4.69) is 5.32 Å². The highest BCUT2D eigenvalue weighted by Crippen LogP contribution is 2.32. The number of nitrogens with two attached hydrogens (primary N) is 1. The van der Waals surface area contributed by atoms with Crippen LogP contribution in [0.2, 0.25) is 0 Å². The molecule has 0 aromatic heterocycles. The summed E-state index contributed by atoms with van der Waals surface area (Å²) in [5.74, 6) is 1.05. The predicted octanol–water partition coefficient (Wildman–Crippen LogP) is 1.42. The average Bonchev–Trinajstić information content (AvgIpc) is 3.02. The lowest BCUT2D eigenvalue weighted by atomic mass is 9.85. The van der Waals surface area contributed by atoms with Gasteiger partial charge >= 0.3 is 0 Å². The van der Waals surface area contributed by atoms with Crippen LogP contribution < -0.4 is 11.1 Å². The van der Waals surface area contributed by atoms with Crippen LogP contribution in [-0.2, 0) is 4.79 Å². The fourth-order valence-electron chi connectivity index (χ4n) is 2.48. The number of amides is 1. The summed E-state index contributed by atoms with van der Waals surface area (Å²) in [6, 6.07) is 0.638. The van der Waals surface area contributed by atoms with Crippen LogP contribution >= 0.6 is 0 Å². The lowest BCUT2D eigenvalue weighted by Gasteiger charge is -2.27. The zero-order chi connectivity index (χ0) is 10.7. The zero-order valence-electron chi connectivity index (χ0n) is 9.37. The van der Waals surface area contributed by atoms with Gasteiger partial charge in [-0.2, -0.15) is 0 Å². The first-order chi connectivity index (χ1) is 7.25. The second-order valence-corrected chi connectivity index (χ2v) is 5.14. The maximum atomic E-state index is 11.0. The number of hydrogen-bond acceptors (Lipinski definition) is 2. The second-order valence-electron chi connectivity index (χ2n) is 5.14. The van der Waals surface area contributed by atoms with Crippen molar-refractivity contribution in [2.45, 2.75) is 51.0 Å². The normalized spacial score (nSPS) is 31.5. The zero-order valence-corrected chi connectivity index (χ0v) is 9.37. The van der Waals surface area contributed by atoms with E-state index in [9.17, 15) is 4.79 Å². The molecule has 0 aliphatic heterocycles. The molecule has 1 amide bonds. The molecule has 2 aliphatic carbocycles. The Labute approximate surface area is 91.8 Å². The van der Waals surface area contributed by atoms with E-state index in [1.54, 1.807) is 0 Å². The predicted molar refractivity (Wildman–Crippen MR) is 60.3 cm³/mol. The Hall–Kier alpha value is -0.570. The van der Waals surface area contributed by atoms with Crippen molar-refractivity contribution in [2.75, 3.05) is 6.54 Å². The number of hydrogen-bond donors (Lipinski definition) is 2. The van der Waals surface area contributed by atoms with Crippen LogP contribution in [0.15, 0.2) is 0 Å². The lowest BCUT2D eigenvalue weighted by molar-refractivity contribution is -0.122. The third-order valence-electron chi connectivity index (χ3n) is 3.81. The molecule has 2 aliphatic rings. The Kier molecular flexibility index (Phi) is 3.62. The Bertz CT molecular complexity index is 218. The first kappa shape index (κ1) is 10.9. The Morgan fingerprint density at radius 2 is 1.80 bits per heavy atom. The summed E-state index contributed by atoms with van der Waals surface area (Å²) in [7, 11) is 0. The summed E-state index contributed by atoms with van der Waals surface area (Å²) in [5, 5.41) is 3.60. The van der Waals surface area contributed by atoms with Gasteiger partial charge in [-0.25, -0.2) is 0 Å². The molecule has 0 aromatic carbocycles. The van der Waals surface area contributed by atoms with E-state index in [1.165, 1.54) is 19.3 Å². The highest BCUT2D eigenvalue weighted by Gasteiger charge is 2.25. The molecule has 0 atom stereocenters. The van der Waals surface area contributed by atoms with Gasteiger partial charge in [-0.05, 0) is 44.6 Å². The number of carbonyl (C=O) groups is 1. The molecule has 0 aromatic rings. The maximum absolute atomic E-state index is 11.0. The van der Waals surface area contributed by atoms with Gasteiger partial charge in [-0.1, -0.05) is 12.8 Å². The van der Waals surface area contributed by atoms with E-state index in [-0.39, 0.29) is 11.8 Å². The summed E-state index contributed by atoms with van der Waals surface area (Å²) in [4.78, 5) is 11.0. The Morgan fingerprint density at radius 1 is 1.13 bits per heavy atom. The molecule has 3 N–H and O–H groups in total. The van der Waals surface area contributed by atoms with Crippen molar-refractivity contribution >= 4 is 5.91 Å². The van der Waals surface area contributed by atoms with Gasteiger partial charge in [0, 0.05) is 12.0 Å². The van der Waals surface area contributed by atoms with Crippen LogP contribution in [0.5, 0.6) is 0 Å².